The van der Waals surface area contributed by atoms with Gasteiger partial charge in [0, 0.05) is 24.7 Å². The van der Waals surface area contributed by atoms with Crippen LogP contribution in [0, 0.1) is 10.1 Å². The molecule has 1 aromatic carbocycles. The van der Waals surface area contributed by atoms with Gasteiger partial charge in [-0.2, -0.15) is 0 Å². The number of nitro groups is 1. The molecule has 1 aliphatic carbocycles. The Hall–Kier alpha value is -0.920. The Morgan fingerprint density at radius 1 is 1.45 bits per heavy atom. The van der Waals surface area contributed by atoms with Crippen LogP contribution >= 0.6 is 31.9 Å². The summed E-state index contributed by atoms with van der Waals surface area (Å²) in [6.07, 6.45) is 2.46. The van der Waals surface area contributed by atoms with Crippen LogP contribution < -0.4 is 10.1 Å². The van der Waals surface area contributed by atoms with Gasteiger partial charge in [0.2, 0.25) is 0 Å². The third-order valence-electron chi connectivity index (χ3n) is 2.83. The third-order valence-corrected chi connectivity index (χ3v) is 4.01. The first kappa shape index (κ1) is 15.5. The average Bonchev–Trinajstić information content (AvgIpc) is 3.19. The van der Waals surface area contributed by atoms with Gasteiger partial charge in [0.15, 0.2) is 0 Å². The van der Waals surface area contributed by atoms with Crippen molar-refractivity contribution in [1.82, 2.24) is 5.32 Å². The molecule has 0 spiro atoms. The van der Waals surface area contributed by atoms with E-state index in [2.05, 4.69) is 43.8 Å². The van der Waals surface area contributed by atoms with Crippen molar-refractivity contribution in [3.05, 3.63) is 43.3 Å². The van der Waals surface area contributed by atoms with Crippen LogP contribution in [0.1, 0.15) is 12.8 Å². The van der Waals surface area contributed by atoms with Crippen molar-refractivity contribution in [1.29, 1.82) is 0 Å². The molecule has 0 radical (unpaired) electrons. The van der Waals surface area contributed by atoms with Gasteiger partial charge in [0.1, 0.15) is 12.4 Å². The highest BCUT2D eigenvalue weighted by atomic mass is 79.9. The first-order chi connectivity index (χ1) is 9.47. The molecule has 1 saturated carbocycles. The lowest BCUT2D eigenvalue weighted by Crippen LogP contribution is -2.21. The summed E-state index contributed by atoms with van der Waals surface area (Å²) in [5, 5.41) is 14.1. The minimum Gasteiger partial charge on any atom is -0.487 e. The van der Waals surface area contributed by atoms with Crippen LogP contribution in [0.25, 0.3) is 0 Å². The second-order valence-electron chi connectivity index (χ2n) is 4.69. The van der Waals surface area contributed by atoms with Gasteiger partial charge < -0.3 is 10.1 Å². The fraction of sp³-hybridized carbons (Fsp3) is 0.385. The van der Waals surface area contributed by atoms with Crippen molar-refractivity contribution in [2.45, 2.75) is 18.9 Å². The van der Waals surface area contributed by atoms with Gasteiger partial charge in [-0.05, 0) is 50.3 Å². The number of nitrogens with zero attached hydrogens (tertiary/aromatic N) is 1. The fourth-order valence-corrected chi connectivity index (χ4v) is 2.98. The second kappa shape index (κ2) is 6.69. The predicted molar refractivity (Wildman–Crippen MR) is 84.2 cm³/mol. The first-order valence-electron chi connectivity index (χ1n) is 6.13. The van der Waals surface area contributed by atoms with Crippen LogP contribution in [0.3, 0.4) is 0 Å². The van der Waals surface area contributed by atoms with E-state index in [0.29, 0.717) is 27.3 Å². The molecule has 0 aromatic heterocycles. The van der Waals surface area contributed by atoms with E-state index in [9.17, 15) is 10.1 Å². The minimum atomic E-state index is -0.447. The highest BCUT2D eigenvalue weighted by Crippen LogP contribution is 2.37. The Balaban J connectivity index is 1.94. The van der Waals surface area contributed by atoms with E-state index in [1.54, 1.807) is 0 Å². The molecule has 0 bridgehead atoms. The molecule has 1 N–H and O–H groups in total. The maximum Gasteiger partial charge on any atom is 0.271 e. The molecule has 1 aromatic rings. The number of rotatable bonds is 7. The van der Waals surface area contributed by atoms with Crippen molar-refractivity contribution in [2.75, 3.05) is 13.2 Å². The Morgan fingerprint density at radius 3 is 2.55 bits per heavy atom. The van der Waals surface area contributed by atoms with Gasteiger partial charge in [-0.3, -0.25) is 10.1 Å². The maximum absolute atomic E-state index is 10.7. The topological polar surface area (TPSA) is 64.4 Å². The molecular weight excluding hydrogens is 392 g/mol. The zero-order valence-electron chi connectivity index (χ0n) is 10.7. The third kappa shape index (κ3) is 4.29. The van der Waals surface area contributed by atoms with Crippen LogP contribution in [0.15, 0.2) is 33.2 Å². The zero-order chi connectivity index (χ0) is 14.7. The standard InChI is InChI=1S/C13H14Br2N2O3/c1-8(6-16-9-2-3-9)7-20-13-11(14)4-10(17(18)19)5-12(13)15/h4-5,9,16H,1-3,6-7H2. The number of hydrogen-bond acceptors (Lipinski definition) is 4. The molecule has 108 valence electrons. The van der Waals surface area contributed by atoms with E-state index < -0.39 is 4.92 Å². The molecule has 20 heavy (non-hydrogen) atoms. The number of halogens is 2. The highest BCUT2D eigenvalue weighted by molar-refractivity contribution is 9.11. The van der Waals surface area contributed by atoms with Crippen molar-refractivity contribution >= 4 is 37.5 Å². The summed E-state index contributed by atoms with van der Waals surface area (Å²) in [7, 11) is 0. The largest absolute Gasteiger partial charge is 0.487 e. The van der Waals surface area contributed by atoms with Crippen LogP contribution in [0.4, 0.5) is 5.69 Å². The van der Waals surface area contributed by atoms with E-state index in [1.165, 1.54) is 25.0 Å². The number of non-ortho nitro benzene ring substituents is 1. The molecule has 0 aliphatic heterocycles. The molecule has 7 heteroatoms. The Morgan fingerprint density at radius 2 is 2.05 bits per heavy atom. The van der Waals surface area contributed by atoms with Crippen molar-refractivity contribution in [3.8, 4) is 5.75 Å². The summed E-state index contributed by atoms with van der Waals surface area (Å²) in [6, 6.07) is 3.47. The number of hydrogen-bond donors (Lipinski definition) is 1. The van der Waals surface area contributed by atoms with E-state index in [-0.39, 0.29) is 5.69 Å². The molecule has 0 atom stereocenters. The molecule has 1 fully saturated rings. The van der Waals surface area contributed by atoms with Crippen molar-refractivity contribution in [2.24, 2.45) is 0 Å². The number of ether oxygens (including phenoxy) is 1. The molecule has 0 heterocycles. The normalized spacial score (nSPS) is 14.1. The number of nitrogens with one attached hydrogen (secondary N) is 1. The molecule has 2 rings (SSSR count). The summed E-state index contributed by atoms with van der Waals surface area (Å²) in [5.41, 5.74) is 0.944. The van der Waals surface area contributed by atoms with Crippen molar-refractivity contribution < 1.29 is 9.66 Å². The van der Waals surface area contributed by atoms with E-state index in [0.717, 1.165) is 12.1 Å². The number of nitro benzene ring substituents is 1. The van der Waals surface area contributed by atoms with Crippen LogP contribution in [0.2, 0.25) is 0 Å². The van der Waals surface area contributed by atoms with Gasteiger partial charge in [0.05, 0.1) is 13.9 Å². The summed E-state index contributed by atoms with van der Waals surface area (Å²) in [5.74, 6) is 0.545. The number of benzene rings is 1. The summed E-state index contributed by atoms with van der Waals surface area (Å²) < 4.78 is 6.75. The summed E-state index contributed by atoms with van der Waals surface area (Å²) >= 11 is 6.57. The zero-order valence-corrected chi connectivity index (χ0v) is 13.9. The Kier molecular flexibility index (Phi) is 5.17. The van der Waals surface area contributed by atoms with Gasteiger partial charge in [0.25, 0.3) is 5.69 Å². The average molecular weight is 406 g/mol. The van der Waals surface area contributed by atoms with Gasteiger partial charge >= 0.3 is 0 Å². The van der Waals surface area contributed by atoms with Crippen molar-refractivity contribution in [3.63, 3.8) is 0 Å². The van der Waals surface area contributed by atoms with Gasteiger partial charge in [-0.15, -0.1) is 0 Å². The maximum atomic E-state index is 10.7. The van der Waals surface area contributed by atoms with Crippen LogP contribution in [-0.4, -0.2) is 24.1 Å². The monoisotopic (exact) mass is 404 g/mol. The summed E-state index contributed by atoms with van der Waals surface area (Å²) in [4.78, 5) is 10.3. The smallest absolute Gasteiger partial charge is 0.271 e. The van der Waals surface area contributed by atoms with E-state index in [4.69, 9.17) is 4.74 Å². The fourth-order valence-electron chi connectivity index (χ4n) is 1.59. The first-order valence-corrected chi connectivity index (χ1v) is 7.72. The van der Waals surface area contributed by atoms with E-state index in [1.807, 2.05) is 0 Å². The van der Waals surface area contributed by atoms with Gasteiger partial charge in [-0.25, -0.2) is 0 Å². The predicted octanol–water partition coefficient (Wildman–Crippen LogP) is 3.81. The minimum absolute atomic E-state index is 0.00493. The highest BCUT2D eigenvalue weighted by Gasteiger charge is 2.20. The molecule has 0 unspecified atom stereocenters. The Labute approximate surface area is 133 Å². The van der Waals surface area contributed by atoms with Gasteiger partial charge in [-0.1, -0.05) is 6.58 Å². The second-order valence-corrected chi connectivity index (χ2v) is 6.40. The SMILES string of the molecule is C=C(CNC1CC1)COc1c(Br)cc([N+](=O)[O-])cc1Br. The lowest BCUT2D eigenvalue weighted by molar-refractivity contribution is -0.385. The molecule has 0 amide bonds. The lowest BCUT2D eigenvalue weighted by Gasteiger charge is -2.12. The van der Waals surface area contributed by atoms with Crippen LogP contribution in [0.5, 0.6) is 5.75 Å². The molecule has 1 aliphatic rings. The lowest BCUT2D eigenvalue weighted by atomic mass is 10.3. The molecular formula is C13H14Br2N2O3. The van der Waals surface area contributed by atoms with E-state index >= 15 is 0 Å². The Bertz CT molecular complexity index is 521. The quantitative estimate of drug-likeness (QED) is 0.425. The molecule has 5 nitrogen and oxygen atoms in total. The summed E-state index contributed by atoms with van der Waals surface area (Å²) in [6.45, 7) is 5.05. The molecule has 0 saturated heterocycles. The van der Waals surface area contributed by atoms with Crippen LogP contribution in [-0.2, 0) is 0 Å².